The van der Waals surface area contributed by atoms with Gasteiger partial charge in [-0.15, -0.1) is 13.0 Å². The van der Waals surface area contributed by atoms with Gasteiger partial charge in [0.1, 0.15) is 0 Å². The molecule has 0 fully saturated rings. The lowest BCUT2D eigenvalue weighted by Gasteiger charge is -2.24. The zero-order valence-electron chi connectivity index (χ0n) is 8.35. The number of rotatable bonds is 5. The molecule has 0 saturated heterocycles. The number of hydrogen-bond donors (Lipinski definition) is 1. The van der Waals surface area contributed by atoms with Crippen LogP contribution in [0.4, 0.5) is 0 Å². The van der Waals surface area contributed by atoms with Crippen LogP contribution in [-0.4, -0.2) is 11.6 Å². The Morgan fingerprint density at radius 1 is 1.67 bits per heavy atom. The molecule has 68 valence electrons. The Hall–Kier alpha value is -0.740. The first-order valence-electron chi connectivity index (χ1n) is 4.38. The van der Waals surface area contributed by atoms with Crippen LogP contribution in [-0.2, 0) is 0 Å². The molecule has 0 radical (unpaired) electrons. The van der Waals surface area contributed by atoms with E-state index in [9.17, 15) is 0 Å². The van der Waals surface area contributed by atoms with Crippen molar-refractivity contribution in [2.24, 2.45) is 0 Å². The molecule has 1 atom stereocenters. The van der Waals surface area contributed by atoms with Crippen LogP contribution in [0, 0.1) is 12.3 Å². The van der Waals surface area contributed by atoms with E-state index in [0.29, 0.717) is 6.04 Å². The molecule has 0 saturated carbocycles. The van der Waals surface area contributed by atoms with Gasteiger partial charge in [0, 0.05) is 6.04 Å². The molecule has 0 amide bonds. The lowest BCUT2D eigenvalue weighted by Crippen LogP contribution is -2.43. The monoisotopic (exact) mass is 165 g/mol. The highest BCUT2D eigenvalue weighted by Crippen LogP contribution is 2.05. The van der Waals surface area contributed by atoms with E-state index in [0.717, 1.165) is 12.8 Å². The smallest absolute Gasteiger partial charge is 0.0743 e. The number of terminal acetylenes is 1. The maximum atomic E-state index is 5.35. The van der Waals surface area contributed by atoms with E-state index in [1.165, 1.54) is 0 Å². The minimum Gasteiger partial charge on any atom is -0.299 e. The molecule has 0 aromatic heterocycles. The summed E-state index contributed by atoms with van der Waals surface area (Å²) in [6, 6.07) is 0.453. The third-order valence-corrected chi connectivity index (χ3v) is 1.77. The fourth-order valence-electron chi connectivity index (χ4n) is 1.10. The van der Waals surface area contributed by atoms with Crippen LogP contribution in [0.25, 0.3) is 0 Å². The topological polar surface area (TPSA) is 12.0 Å². The van der Waals surface area contributed by atoms with Crippen molar-refractivity contribution in [1.29, 1.82) is 0 Å². The maximum absolute atomic E-state index is 5.35. The maximum Gasteiger partial charge on any atom is 0.0743 e. The second-order valence-corrected chi connectivity index (χ2v) is 3.68. The van der Waals surface area contributed by atoms with Crippen LogP contribution in [0.2, 0.25) is 0 Å². The van der Waals surface area contributed by atoms with Gasteiger partial charge in [-0.2, -0.15) is 0 Å². The first kappa shape index (κ1) is 11.3. The average molecular weight is 165 g/mol. The molecule has 0 aliphatic carbocycles. The van der Waals surface area contributed by atoms with E-state index < -0.39 is 0 Å². The highest BCUT2D eigenvalue weighted by Gasteiger charge is 2.15. The zero-order chi connectivity index (χ0) is 9.61. The normalized spacial score (nSPS) is 13.5. The van der Waals surface area contributed by atoms with Gasteiger partial charge in [-0.05, 0) is 33.6 Å². The standard InChI is InChI=1S/C11H19N/c1-6-8-9-10(3)12-11(4,5)7-2/h2,6,10,12H,1,8-9H2,3-5H3. The third kappa shape index (κ3) is 4.98. The summed E-state index contributed by atoms with van der Waals surface area (Å²) in [7, 11) is 0. The predicted molar refractivity (Wildman–Crippen MR) is 54.9 cm³/mol. The van der Waals surface area contributed by atoms with Gasteiger partial charge in [0.25, 0.3) is 0 Å². The van der Waals surface area contributed by atoms with Crippen LogP contribution in [0.3, 0.4) is 0 Å². The molecule has 0 aromatic carbocycles. The summed E-state index contributed by atoms with van der Waals surface area (Å²) in [5.41, 5.74) is -0.194. The highest BCUT2D eigenvalue weighted by molar-refractivity contribution is 5.08. The second kappa shape index (κ2) is 5.00. The molecule has 0 spiro atoms. The van der Waals surface area contributed by atoms with Crippen LogP contribution in [0.15, 0.2) is 12.7 Å². The second-order valence-electron chi connectivity index (χ2n) is 3.68. The van der Waals surface area contributed by atoms with Crippen LogP contribution in [0.1, 0.15) is 33.6 Å². The summed E-state index contributed by atoms with van der Waals surface area (Å²) in [6.45, 7) is 9.85. The van der Waals surface area contributed by atoms with Gasteiger partial charge in [-0.25, -0.2) is 0 Å². The Kier molecular flexibility index (Phi) is 4.70. The Balaban J connectivity index is 3.77. The van der Waals surface area contributed by atoms with E-state index in [4.69, 9.17) is 6.42 Å². The first-order valence-corrected chi connectivity index (χ1v) is 4.38. The van der Waals surface area contributed by atoms with Crippen LogP contribution in [0.5, 0.6) is 0 Å². The minimum atomic E-state index is -0.194. The Morgan fingerprint density at radius 3 is 2.67 bits per heavy atom. The lowest BCUT2D eigenvalue weighted by atomic mass is 10.0. The van der Waals surface area contributed by atoms with Crippen molar-refractivity contribution < 1.29 is 0 Å². The van der Waals surface area contributed by atoms with Gasteiger partial charge < -0.3 is 0 Å². The molecular formula is C11H19N. The third-order valence-electron chi connectivity index (χ3n) is 1.77. The SMILES string of the molecule is C#CC(C)(C)NC(C)CCC=C. The zero-order valence-corrected chi connectivity index (χ0v) is 8.35. The van der Waals surface area contributed by atoms with Crippen molar-refractivity contribution in [2.75, 3.05) is 0 Å². The minimum absolute atomic E-state index is 0.194. The molecule has 12 heavy (non-hydrogen) atoms. The molecule has 0 bridgehead atoms. The fraction of sp³-hybridized carbons (Fsp3) is 0.636. The lowest BCUT2D eigenvalue weighted by molar-refractivity contribution is 0.407. The molecule has 1 unspecified atom stereocenters. The fourth-order valence-corrected chi connectivity index (χ4v) is 1.10. The summed E-state index contributed by atoms with van der Waals surface area (Å²) >= 11 is 0. The van der Waals surface area contributed by atoms with Crippen molar-refractivity contribution in [3.8, 4) is 12.3 Å². The Bertz CT molecular complexity index is 174. The molecular weight excluding hydrogens is 146 g/mol. The largest absolute Gasteiger partial charge is 0.299 e. The molecule has 0 heterocycles. The summed E-state index contributed by atoms with van der Waals surface area (Å²) in [5.74, 6) is 2.71. The van der Waals surface area contributed by atoms with Crippen molar-refractivity contribution in [3.63, 3.8) is 0 Å². The van der Waals surface area contributed by atoms with Crippen molar-refractivity contribution in [3.05, 3.63) is 12.7 Å². The van der Waals surface area contributed by atoms with Gasteiger partial charge >= 0.3 is 0 Å². The quantitative estimate of drug-likeness (QED) is 0.487. The number of hydrogen-bond acceptors (Lipinski definition) is 1. The number of nitrogens with one attached hydrogen (secondary N) is 1. The van der Waals surface area contributed by atoms with Gasteiger partial charge in [0.2, 0.25) is 0 Å². The van der Waals surface area contributed by atoms with E-state index >= 15 is 0 Å². The molecule has 0 aliphatic heterocycles. The predicted octanol–water partition coefficient (Wildman–Crippen LogP) is 2.34. The van der Waals surface area contributed by atoms with Gasteiger partial charge in [0.05, 0.1) is 5.54 Å². The Morgan fingerprint density at radius 2 is 2.25 bits per heavy atom. The highest BCUT2D eigenvalue weighted by atomic mass is 15.0. The first-order chi connectivity index (χ1) is 5.52. The van der Waals surface area contributed by atoms with E-state index in [2.05, 4.69) is 24.7 Å². The average Bonchev–Trinajstić information content (AvgIpc) is 2.00. The summed E-state index contributed by atoms with van der Waals surface area (Å²) in [6.07, 6.45) is 9.41. The summed E-state index contributed by atoms with van der Waals surface area (Å²) in [5, 5.41) is 3.36. The molecule has 1 heteroatoms. The Labute approximate surface area is 76.2 Å². The number of allylic oxidation sites excluding steroid dienone is 1. The van der Waals surface area contributed by atoms with Gasteiger partial charge in [0.15, 0.2) is 0 Å². The molecule has 0 aromatic rings. The summed E-state index contributed by atoms with van der Waals surface area (Å²) in [4.78, 5) is 0. The van der Waals surface area contributed by atoms with Gasteiger partial charge in [-0.1, -0.05) is 12.0 Å². The van der Waals surface area contributed by atoms with Crippen molar-refractivity contribution >= 4 is 0 Å². The van der Waals surface area contributed by atoms with E-state index in [1.807, 2.05) is 19.9 Å². The summed E-state index contributed by atoms with van der Waals surface area (Å²) < 4.78 is 0. The molecule has 1 N–H and O–H groups in total. The molecule has 0 rings (SSSR count). The molecule has 0 aliphatic rings. The molecule has 1 nitrogen and oxygen atoms in total. The van der Waals surface area contributed by atoms with Crippen LogP contribution >= 0.6 is 0 Å². The van der Waals surface area contributed by atoms with Crippen molar-refractivity contribution in [1.82, 2.24) is 5.32 Å². The van der Waals surface area contributed by atoms with E-state index in [1.54, 1.807) is 0 Å². The van der Waals surface area contributed by atoms with E-state index in [-0.39, 0.29) is 5.54 Å². The van der Waals surface area contributed by atoms with Crippen molar-refractivity contribution in [2.45, 2.75) is 45.2 Å². The van der Waals surface area contributed by atoms with Crippen LogP contribution < -0.4 is 5.32 Å². The van der Waals surface area contributed by atoms with Gasteiger partial charge in [-0.3, -0.25) is 5.32 Å².